The summed E-state index contributed by atoms with van der Waals surface area (Å²) in [6.45, 7) is 3.08. The first kappa shape index (κ1) is 13.0. The molecule has 1 N–H and O–H groups in total. The van der Waals surface area contributed by atoms with Gasteiger partial charge in [0.15, 0.2) is 5.78 Å². The predicted molar refractivity (Wildman–Crippen MR) is 74.4 cm³/mol. The molecular formula is C13H16N2O2S. The molecule has 1 aromatic carbocycles. The molecule has 0 bridgehead atoms. The third-order valence-corrected chi connectivity index (χ3v) is 3.76. The zero-order valence-electron chi connectivity index (χ0n) is 10.3. The summed E-state index contributed by atoms with van der Waals surface area (Å²) in [4.78, 5) is 25.0. The topological polar surface area (TPSA) is 49.4 Å². The summed E-state index contributed by atoms with van der Waals surface area (Å²) >= 11 is 1.86. The SMILES string of the molecule is CC(=O)c1cccc(NC(=O)N2CCSCC2)c1. The molecule has 1 saturated heterocycles. The summed E-state index contributed by atoms with van der Waals surface area (Å²) in [5.41, 5.74) is 1.29. The van der Waals surface area contributed by atoms with Gasteiger partial charge in [0.2, 0.25) is 0 Å². The second-order valence-corrected chi connectivity index (χ2v) is 5.39. The minimum Gasteiger partial charge on any atom is -0.323 e. The third kappa shape index (κ3) is 3.26. The number of hydrogen-bond acceptors (Lipinski definition) is 3. The second kappa shape index (κ2) is 5.91. The highest BCUT2D eigenvalue weighted by Crippen LogP contribution is 2.14. The molecule has 0 unspecified atom stereocenters. The third-order valence-electron chi connectivity index (χ3n) is 2.82. The Morgan fingerprint density at radius 3 is 2.67 bits per heavy atom. The molecule has 96 valence electrons. The van der Waals surface area contributed by atoms with Gasteiger partial charge >= 0.3 is 6.03 Å². The van der Waals surface area contributed by atoms with Crippen LogP contribution in [-0.2, 0) is 0 Å². The molecule has 5 heteroatoms. The van der Waals surface area contributed by atoms with Crippen molar-refractivity contribution >= 4 is 29.3 Å². The fourth-order valence-corrected chi connectivity index (χ4v) is 2.69. The summed E-state index contributed by atoms with van der Waals surface area (Å²) < 4.78 is 0. The van der Waals surface area contributed by atoms with Crippen LogP contribution in [0.1, 0.15) is 17.3 Å². The van der Waals surface area contributed by atoms with Crippen LogP contribution in [0.25, 0.3) is 0 Å². The number of rotatable bonds is 2. The molecule has 1 aliphatic rings. The molecule has 1 heterocycles. The van der Waals surface area contributed by atoms with Crippen LogP contribution in [-0.4, -0.2) is 41.3 Å². The van der Waals surface area contributed by atoms with Crippen molar-refractivity contribution in [2.45, 2.75) is 6.92 Å². The lowest BCUT2D eigenvalue weighted by Gasteiger charge is -2.26. The fourth-order valence-electron chi connectivity index (χ4n) is 1.78. The number of carbonyl (C=O) groups excluding carboxylic acids is 2. The van der Waals surface area contributed by atoms with Gasteiger partial charge in [0, 0.05) is 35.8 Å². The first-order valence-corrected chi connectivity index (χ1v) is 7.07. The molecule has 2 rings (SSSR count). The summed E-state index contributed by atoms with van der Waals surface area (Å²) in [5.74, 6) is 1.97. The number of amides is 2. The molecule has 1 aliphatic heterocycles. The second-order valence-electron chi connectivity index (χ2n) is 4.17. The Labute approximate surface area is 111 Å². The summed E-state index contributed by atoms with van der Waals surface area (Å²) in [5, 5.41) is 2.83. The van der Waals surface area contributed by atoms with Crippen molar-refractivity contribution in [1.82, 2.24) is 4.90 Å². The van der Waals surface area contributed by atoms with Crippen LogP contribution in [0.3, 0.4) is 0 Å². The molecular weight excluding hydrogens is 248 g/mol. The molecule has 0 saturated carbocycles. The normalized spacial score (nSPS) is 15.3. The van der Waals surface area contributed by atoms with Crippen LogP contribution in [0.2, 0.25) is 0 Å². The average molecular weight is 264 g/mol. The lowest BCUT2D eigenvalue weighted by molar-refractivity contribution is 0.101. The molecule has 1 aromatic rings. The monoisotopic (exact) mass is 264 g/mol. The maximum absolute atomic E-state index is 12.0. The van der Waals surface area contributed by atoms with E-state index in [-0.39, 0.29) is 11.8 Å². The number of urea groups is 1. The minimum absolute atomic E-state index is 0.000437. The Kier molecular flexibility index (Phi) is 4.25. The van der Waals surface area contributed by atoms with E-state index in [1.807, 2.05) is 11.8 Å². The van der Waals surface area contributed by atoms with Crippen LogP contribution < -0.4 is 5.32 Å². The van der Waals surface area contributed by atoms with E-state index in [9.17, 15) is 9.59 Å². The van der Waals surface area contributed by atoms with Gasteiger partial charge in [-0.25, -0.2) is 4.79 Å². The first-order valence-electron chi connectivity index (χ1n) is 5.91. The highest BCUT2D eigenvalue weighted by molar-refractivity contribution is 7.99. The largest absolute Gasteiger partial charge is 0.323 e. The molecule has 0 aromatic heterocycles. The summed E-state index contributed by atoms with van der Waals surface area (Å²) in [6, 6.07) is 6.94. The Morgan fingerprint density at radius 1 is 1.28 bits per heavy atom. The van der Waals surface area contributed by atoms with Crippen LogP contribution in [0.4, 0.5) is 10.5 Å². The van der Waals surface area contributed by atoms with Crippen molar-refractivity contribution in [2.75, 3.05) is 29.9 Å². The molecule has 0 atom stereocenters. The smallest absolute Gasteiger partial charge is 0.321 e. The average Bonchev–Trinajstić information content (AvgIpc) is 2.40. The van der Waals surface area contributed by atoms with Gasteiger partial charge in [-0.05, 0) is 19.1 Å². The molecule has 0 aliphatic carbocycles. The van der Waals surface area contributed by atoms with Gasteiger partial charge in [0.05, 0.1) is 0 Å². The Bertz CT molecular complexity index is 456. The van der Waals surface area contributed by atoms with Crippen molar-refractivity contribution in [1.29, 1.82) is 0 Å². The van der Waals surface area contributed by atoms with E-state index < -0.39 is 0 Å². The molecule has 18 heavy (non-hydrogen) atoms. The van der Waals surface area contributed by atoms with Crippen LogP contribution >= 0.6 is 11.8 Å². The van der Waals surface area contributed by atoms with Crippen LogP contribution in [0.5, 0.6) is 0 Å². The zero-order valence-corrected chi connectivity index (χ0v) is 11.1. The van der Waals surface area contributed by atoms with Crippen LogP contribution in [0, 0.1) is 0 Å². The van der Waals surface area contributed by atoms with Crippen molar-refractivity contribution in [3.63, 3.8) is 0 Å². The zero-order chi connectivity index (χ0) is 13.0. The Morgan fingerprint density at radius 2 is 2.00 bits per heavy atom. The van der Waals surface area contributed by atoms with E-state index >= 15 is 0 Å². The van der Waals surface area contributed by atoms with E-state index in [0.29, 0.717) is 11.3 Å². The van der Waals surface area contributed by atoms with Crippen molar-refractivity contribution in [3.8, 4) is 0 Å². The molecule has 4 nitrogen and oxygen atoms in total. The van der Waals surface area contributed by atoms with Gasteiger partial charge in [-0.2, -0.15) is 11.8 Å². The number of ketones is 1. The predicted octanol–water partition coefficient (Wildman–Crippen LogP) is 2.47. The van der Waals surface area contributed by atoms with E-state index in [4.69, 9.17) is 0 Å². The van der Waals surface area contributed by atoms with Gasteiger partial charge < -0.3 is 10.2 Å². The lowest BCUT2D eigenvalue weighted by atomic mass is 10.1. The highest BCUT2D eigenvalue weighted by atomic mass is 32.2. The highest BCUT2D eigenvalue weighted by Gasteiger charge is 2.16. The lowest BCUT2D eigenvalue weighted by Crippen LogP contribution is -2.40. The number of anilines is 1. The molecule has 0 spiro atoms. The molecule has 2 amide bonds. The number of nitrogens with zero attached hydrogens (tertiary/aromatic N) is 1. The van der Waals surface area contributed by atoms with Gasteiger partial charge in [0.25, 0.3) is 0 Å². The van der Waals surface area contributed by atoms with Crippen molar-refractivity contribution in [3.05, 3.63) is 29.8 Å². The number of benzene rings is 1. The summed E-state index contributed by atoms with van der Waals surface area (Å²) in [7, 11) is 0. The van der Waals surface area contributed by atoms with Crippen LogP contribution in [0.15, 0.2) is 24.3 Å². The maximum Gasteiger partial charge on any atom is 0.321 e. The van der Waals surface area contributed by atoms with E-state index in [2.05, 4.69) is 5.32 Å². The standard InChI is InChI=1S/C13H16N2O2S/c1-10(16)11-3-2-4-12(9-11)14-13(17)15-5-7-18-8-6-15/h2-4,9H,5-8H2,1H3,(H,14,17). The van der Waals surface area contributed by atoms with E-state index in [1.54, 1.807) is 29.2 Å². The minimum atomic E-state index is -0.0870. The van der Waals surface area contributed by atoms with Crippen molar-refractivity contribution in [2.24, 2.45) is 0 Å². The number of hydrogen-bond donors (Lipinski definition) is 1. The van der Waals surface area contributed by atoms with Gasteiger partial charge in [0.1, 0.15) is 0 Å². The number of Topliss-reactive ketones (excluding diaryl/α,β-unsaturated/α-hetero) is 1. The number of nitrogens with one attached hydrogen (secondary N) is 1. The Balaban J connectivity index is 2.02. The van der Waals surface area contributed by atoms with E-state index in [1.165, 1.54) is 6.92 Å². The van der Waals surface area contributed by atoms with Gasteiger partial charge in [-0.1, -0.05) is 12.1 Å². The van der Waals surface area contributed by atoms with E-state index in [0.717, 1.165) is 24.6 Å². The van der Waals surface area contributed by atoms with Gasteiger partial charge in [-0.15, -0.1) is 0 Å². The maximum atomic E-state index is 12.0. The molecule has 0 radical (unpaired) electrons. The molecule has 1 fully saturated rings. The van der Waals surface area contributed by atoms with Gasteiger partial charge in [-0.3, -0.25) is 4.79 Å². The first-order chi connectivity index (χ1) is 8.66. The fraction of sp³-hybridized carbons (Fsp3) is 0.385. The number of thioether (sulfide) groups is 1. The summed E-state index contributed by atoms with van der Waals surface area (Å²) in [6.07, 6.45) is 0. The number of carbonyl (C=O) groups is 2. The Hall–Kier alpha value is -1.49. The quantitative estimate of drug-likeness (QED) is 0.835. The van der Waals surface area contributed by atoms with Crippen molar-refractivity contribution < 1.29 is 9.59 Å².